The van der Waals surface area contributed by atoms with Gasteiger partial charge in [-0.25, -0.2) is 0 Å². The lowest BCUT2D eigenvalue weighted by Crippen LogP contribution is -2.22. The predicted molar refractivity (Wildman–Crippen MR) is 96.5 cm³/mol. The van der Waals surface area contributed by atoms with Crippen LogP contribution in [0, 0.1) is 11.5 Å². The number of benzene rings is 2. The van der Waals surface area contributed by atoms with Gasteiger partial charge < -0.3 is 10.2 Å². The first-order valence-corrected chi connectivity index (χ1v) is 8.38. The highest BCUT2D eigenvalue weighted by atomic mass is 16.1. The fourth-order valence-electron chi connectivity index (χ4n) is 3.11. The molecule has 3 aromatic rings. The Labute approximate surface area is 151 Å². The molecule has 0 radical (unpaired) electrons. The van der Waals surface area contributed by atoms with Crippen molar-refractivity contribution in [1.29, 1.82) is 5.26 Å². The minimum Gasteiger partial charge on any atom is -0.348 e. The quantitative estimate of drug-likeness (QED) is 0.714. The maximum Gasteiger partial charge on any atom is 0.251 e. The van der Waals surface area contributed by atoms with Crippen molar-refractivity contribution in [2.45, 2.75) is 19.6 Å². The molecule has 1 aliphatic heterocycles. The number of hydrogen-bond donors (Lipinski definition) is 2. The fourth-order valence-corrected chi connectivity index (χ4v) is 3.11. The highest BCUT2D eigenvalue weighted by molar-refractivity contribution is 5.94. The summed E-state index contributed by atoms with van der Waals surface area (Å²) in [7, 11) is 0. The average molecular weight is 343 g/mol. The van der Waals surface area contributed by atoms with E-state index in [2.05, 4.69) is 21.7 Å². The van der Waals surface area contributed by atoms with Gasteiger partial charge in [-0.1, -0.05) is 42.5 Å². The minimum atomic E-state index is -0.108. The number of aromatic amines is 1. The molecule has 2 aromatic carbocycles. The Morgan fingerprint density at radius 3 is 2.65 bits per heavy atom. The third-order valence-corrected chi connectivity index (χ3v) is 4.51. The predicted octanol–water partition coefficient (Wildman–Crippen LogP) is 2.80. The number of carbonyl (C=O) groups is 1. The highest BCUT2D eigenvalue weighted by Gasteiger charge is 2.24. The summed E-state index contributed by atoms with van der Waals surface area (Å²) in [5, 5.41) is 19.3. The van der Waals surface area contributed by atoms with Gasteiger partial charge in [-0.05, 0) is 17.7 Å². The van der Waals surface area contributed by atoms with Gasteiger partial charge in [0.1, 0.15) is 0 Å². The number of amides is 1. The van der Waals surface area contributed by atoms with Gasteiger partial charge in [0.05, 0.1) is 24.5 Å². The summed E-state index contributed by atoms with van der Waals surface area (Å²) >= 11 is 0. The Hall–Kier alpha value is -3.59. The average Bonchev–Trinajstić information content (AvgIpc) is 3.27. The van der Waals surface area contributed by atoms with Crippen LogP contribution >= 0.6 is 0 Å². The van der Waals surface area contributed by atoms with E-state index < -0.39 is 0 Å². The zero-order chi connectivity index (χ0) is 17.9. The summed E-state index contributed by atoms with van der Waals surface area (Å²) in [4.78, 5) is 14.0. The summed E-state index contributed by atoms with van der Waals surface area (Å²) in [5.74, 6) is -0.108. The smallest absolute Gasteiger partial charge is 0.251 e. The van der Waals surface area contributed by atoms with E-state index in [1.165, 1.54) is 0 Å². The number of nitrogens with one attached hydrogen (secondary N) is 2. The van der Waals surface area contributed by atoms with E-state index in [9.17, 15) is 4.79 Å². The van der Waals surface area contributed by atoms with E-state index in [1.54, 1.807) is 17.0 Å². The second kappa shape index (κ2) is 6.73. The summed E-state index contributed by atoms with van der Waals surface area (Å²) < 4.78 is 0. The lowest BCUT2D eigenvalue weighted by molar-refractivity contribution is 0.0951. The number of nitriles is 1. The van der Waals surface area contributed by atoms with Crippen LogP contribution in [0.2, 0.25) is 0 Å². The summed E-state index contributed by atoms with van der Waals surface area (Å²) in [6.45, 7) is 1.63. The van der Waals surface area contributed by atoms with Gasteiger partial charge >= 0.3 is 0 Å². The molecule has 0 fully saturated rings. The van der Waals surface area contributed by atoms with E-state index in [0.29, 0.717) is 25.2 Å². The molecule has 0 saturated carbocycles. The molecule has 2 heterocycles. The molecule has 1 aliphatic rings. The molecule has 0 spiro atoms. The van der Waals surface area contributed by atoms with Gasteiger partial charge in [-0.15, -0.1) is 0 Å². The third-order valence-electron chi connectivity index (χ3n) is 4.51. The van der Waals surface area contributed by atoms with E-state index in [4.69, 9.17) is 5.26 Å². The number of rotatable bonds is 4. The van der Waals surface area contributed by atoms with Crippen molar-refractivity contribution in [2.24, 2.45) is 0 Å². The zero-order valence-corrected chi connectivity index (χ0v) is 14.1. The Morgan fingerprint density at radius 2 is 1.92 bits per heavy atom. The minimum absolute atomic E-state index is 0.108. The molecule has 6 heteroatoms. The normalized spacial score (nSPS) is 12.5. The zero-order valence-electron chi connectivity index (χ0n) is 14.1. The number of H-pyrrole nitrogens is 1. The van der Waals surface area contributed by atoms with Gasteiger partial charge in [0.25, 0.3) is 5.91 Å². The number of carbonyl (C=O) groups excluding carboxylic acids is 1. The van der Waals surface area contributed by atoms with Crippen LogP contribution in [-0.2, 0) is 19.6 Å². The van der Waals surface area contributed by atoms with Crippen molar-refractivity contribution in [2.75, 3.05) is 0 Å². The highest BCUT2D eigenvalue weighted by Crippen LogP contribution is 2.30. The lowest BCUT2D eigenvalue weighted by Gasteiger charge is -2.07. The van der Waals surface area contributed by atoms with Crippen molar-refractivity contribution in [3.05, 3.63) is 77.0 Å². The van der Waals surface area contributed by atoms with Crippen molar-refractivity contribution in [3.63, 3.8) is 0 Å². The van der Waals surface area contributed by atoms with Gasteiger partial charge in [-0.2, -0.15) is 10.4 Å². The first-order chi connectivity index (χ1) is 12.7. The SMILES string of the molecule is N#CN1Cc2[nH]nc(-c3ccc(C(=O)NCc4ccccc4)cc3)c2C1. The van der Waals surface area contributed by atoms with Gasteiger partial charge in [0.15, 0.2) is 6.19 Å². The van der Waals surface area contributed by atoms with E-state index >= 15 is 0 Å². The Balaban J connectivity index is 1.46. The molecular formula is C20H17N5O. The third kappa shape index (κ3) is 3.03. The van der Waals surface area contributed by atoms with Crippen molar-refractivity contribution >= 4 is 5.91 Å². The molecule has 4 rings (SSSR count). The van der Waals surface area contributed by atoms with Crippen LogP contribution in [0.1, 0.15) is 27.2 Å². The van der Waals surface area contributed by atoms with Crippen LogP contribution in [0.5, 0.6) is 0 Å². The molecule has 0 bridgehead atoms. The monoisotopic (exact) mass is 343 g/mol. The van der Waals surface area contributed by atoms with Gasteiger partial charge in [0.2, 0.25) is 0 Å². The molecule has 6 nitrogen and oxygen atoms in total. The molecule has 26 heavy (non-hydrogen) atoms. The van der Waals surface area contributed by atoms with Crippen molar-refractivity contribution in [1.82, 2.24) is 20.4 Å². The van der Waals surface area contributed by atoms with Crippen LogP contribution in [0.3, 0.4) is 0 Å². The van der Waals surface area contributed by atoms with Crippen LogP contribution in [0.25, 0.3) is 11.3 Å². The molecule has 0 unspecified atom stereocenters. The molecule has 1 aromatic heterocycles. The van der Waals surface area contributed by atoms with Crippen LogP contribution in [0.15, 0.2) is 54.6 Å². The molecule has 1 amide bonds. The maximum absolute atomic E-state index is 12.3. The van der Waals surface area contributed by atoms with Gasteiger partial charge in [0, 0.05) is 23.2 Å². The second-order valence-electron chi connectivity index (χ2n) is 6.23. The Kier molecular flexibility index (Phi) is 4.12. The molecule has 0 atom stereocenters. The Morgan fingerprint density at radius 1 is 1.15 bits per heavy atom. The van der Waals surface area contributed by atoms with Crippen molar-refractivity contribution in [3.8, 4) is 17.5 Å². The molecule has 0 aliphatic carbocycles. The van der Waals surface area contributed by atoms with E-state index in [0.717, 1.165) is 28.1 Å². The van der Waals surface area contributed by atoms with E-state index in [1.807, 2.05) is 42.5 Å². The van der Waals surface area contributed by atoms with Crippen LogP contribution in [0.4, 0.5) is 0 Å². The molecule has 128 valence electrons. The first kappa shape index (κ1) is 15.9. The summed E-state index contributed by atoms with van der Waals surface area (Å²) in [5.41, 5.74) is 5.47. The standard InChI is InChI=1S/C20H17N5O/c21-13-25-11-17-18(12-25)23-24-19(17)15-6-8-16(9-7-15)20(26)22-10-14-4-2-1-3-5-14/h1-9H,10-12H2,(H,22,26)(H,23,24). The largest absolute Gasteiger partial charge is 0.348 e. The number of fused-ring (bicyclic) bond motifs is 1. The van der Waals surface area contributed by atoms with Crippen LogP contribution < -0.4 is 5.32 Å². The first-order valence-electron chi connectivity index (χ1n) is 8.38. The van der Waals surface area contributed by atoms with Crippen molar-refractivity contribution < 1.29 is 4.79 Å². The topological polar surface area (TPSA) is 84.8 Å². The van der Waals surface area contributed by atoms with Gasteiger partial charge in [-0.3, -0.25) is 9.89 Å². The van der Waals surface area contributed by atoms with Crippen LogP contribution in [-0.4, -0.2) is 21.0 Å². The number of aromatic nitrogens is 2. The Bertz CT molecular complexity index is 970. The number of hydrogen-bond acceptors (Lipinski definition) is 4. The second-order valence-corrected chi connectivity index (χ2v) is 6.23. The lowest BCUT2D eigenvalue weighted by atomic mass is 10.0. The fraction of sp³-hybridized carbons (Fsp3) is 0.150. The molecular weight excluding hydrogens is 326 g/mol. The molecule has 2 N–H and O–H groups in total. The summed E-state index contributed by atoms with van der Waals surface area (Å²) in [6, 6.07) is 17.2. The summed E-state index contributed by atoms with van der Waals surface area (Å²) in [6.07, 6.45) is 2.16. The number of nitrogens with zero attached hydrogens (tertiary/aromatic N) is 3. The van der Waals surface area contributed by atoms with E-state index in [-0.39, 0.29) is 5.91 Å². The maximum atomic E-state index is 12.3. The molecule has 0 saturated heterocycles.